The van der Waals surface area contributed by atoms with E-state index in [1.165, 1.54) is 16.7 Å². The average molecular weight is 593 g/mol. The molecule has 0 spiro atoms. The Labute approximate surface area is 267 Å². The van der Waals surface area contributed by atoms with E-state index in [9.17, 15) is 5.26 Å². The smallest absolute Gasteiger partial charge is 0.119 e. The fourth-order valence-electron chi connectivity index (χ4n) is 5.03. The van der Waals surface area contributed by atoms with Gasteiger partial charge in [0.15, 0.2) is 0 Å². The summed E-state index contributed by atoms with van der Waals surface area (Å²) in [5, 5.41) is 9.96. The Hall–Kier alpha value is -5.27. The minimum absolute atomic E-state index is 0.608. The number of aryl methyl sites for hydroxylation is 3. The van der Waals surface area contributed by atoms with Gasteiger partial charge in [0.05, 0.1) is 24.9 Å². The summed E-state index contributed by atoms with van der Waals surface area (Å²) in [6.45, 7) is 7.63. The van der Waals surface area contributed by atoms with E-state index in [-0.39, 0.29) is 0 Å². The van der Waals surface area contributed by atoms with Crippen molar-refractivity contribution in [2.24, 2.45) is 0 Å². The minimum Gasteiger partial charge on any atom is -0.494 e. The van der Waals surface area contributed by atoms with E-state index in [0.29, 0.717) is 18.8 Å². The summed E-state index contributed by atoms with van der Waals surface area (Å²) in [5.74, 6) is 1.73. The quantitative estimate of drug-likeness (QED) is 0.0775. The van der Waals surface area contributed by atoms with Gasteiger partial charge in [-0.2, -0.15) is 5.26 Å². The summed E-state index contributed by atoms with van der Waals surface area (Å²) >= 11 is 0. The Balaban J connectivity index is 1.17. The highest BCUT2D eigenvalue weighted by molar-refractivity contribution is 5.90. The highest BCUT2D eigenvalue weighted by Gasteiger charge is 2.12. The number of ether oxygens (including phenoxy) is 2. The van der Waals surface area contributed by atoms with Crippen molar-refractivity contribution in [2.75, 3.05) is 18.1 Å². The highest BCUT2D eigenvalue weighted by Crippen LogP contribution is 2.35. The molecule has 0 bridgehead atoms. The third-order valence-corrected chi connectivity index (χ3v) is 7.68. The molecule has 0 aliphatic heterocycles. The van der Waals surface area contributed by atoms with Gasteiger partial charge in [-0.1, -0.05) is 65.2 Å². The van der Waals surface area contributed by atoms with Gasteiger partial charge in [0.1, 0.15) is 11.5 Å². The van der Waals surface area contributed by atoms with E-state index in [1.54, 1.807) is 0 Å². The van der Waals surface area contributed by atoms with Crippen LogP contribution in [-0.2, 0) is 0 Å². The fourth-order valence-corrected chi connectivity index (χ4v) is 5.03. The molecule has 5 aromatic carbocycles. The molecule has 0 unspecified atom stereocenters. The van der Waals surface area contributed by atoms with Gasteiger partial charge in [-0.05, 0) is 130 Å². The molecule has 0 amide bonds. The molecule has 0 aromatic heterocycles. The van der Waals surface area contributed by atoms with Crippen molar-refractivity contribution in [1.82, 2.24) is 0 Å². The van der Waals surface area contributed by atoms with Gasteiger partial charge in [-0.3, -0.25) is 0 Å². The Morgan fingerprint density at radius 3 is 1.40 bits per heavy atom. The maximum atomic E-state index is 9.96. The molecule has 0 saturated carbocycles. The zero-order valence-corrected chi connectivity index (χ0v) is 26.4. The number of nitriles is 1. The first kappa shape index (κ1) is 31.2. The zero-order valence-electron chi connectivity index (χ0n) is 26.4. The Morgan fingerprint density at radius 1 is 0.556 bits per heavy atom. The van der Waals surface area contributed by atoms with Crippen molar-refractivity contribution in [3.8, 4) is 17.6 Å². The normalized spacial score (nSPS) is 11.1. The van der Waals surface area contributed by atoms with E-state index < -0.39 is 0 Å². The molecule has 0 radical (unpaired) electrons. The zero-order chi connectivity index (χ0) is 31.4. The first-order valence-electron chi connectivity index (χ1n) is 15.6. The molecule has 226 valence electrons. The van der Waals surface area contributed by atoms with Crippen molar-refractivity contribution in [1.29, 1.82) is 5.26 Å². The molecule has 45 heavy (non-hydrogen) atoms. The molecule has 5 aromatic rings. The summed E-state index contributed by atoms with van der Waals surface area (Å²) in [6.07, 6.45) is 4.92. The van der Waals surface area contributed by atoms with Crippen LogP contribution in [0.5, 0.6) is 11.5 Å². The van der Waals surface area contributed by atoms with Crippen LogP contribution >= 0.6 is 0 Å². The second kappa shape index (κ2) is 15.5. The SMILES string of the molecule is Cc1ccc(OCCCCCOc2ccc(/C(C#N)=C/c3ccc(N(c4ccc(C)cc4)c4ccc(C)cc4)cc3)cc2)cc1. The van der Waals surface area contributed by atoms with E-state index in [4.69, 9.17) is 9.47 Å². The molecule has 0 heterocycles. The van der Waals surface area contributed by atoms with Crippen molar-refractivity contribution in [3.63, 3.8) is 0 Å². The molecule has 0 aliphatic rings. The predicted molar refractivity (Wildman–Crippen MR) is 187 cm³/mol. The molecule has 5 rings (SSSR count). The van der Waals surface area contributed by atoms with Crippen molar-refractivity contribution in [2.45, 2.75) is 40.0 Å². The van der Waals surface area contributed by atoms with E-state index in [1.807, 2.05) is 42.5 Å². The maximum Gasteiger partial charge on any atom is 0.119 e. The number of hydrogen-bond donors (Lipinski definition) is 0. The number of hydrogen-bond acceptors (Lipinski definition) is 4. The first-order valence-corrected chi connectivity index (χ1v) is 15.6. The average Bonchev–Trinajstić information content (AvgIpc) is 3.07. The molecule has 0 N–H and O–H groups in total. The summed E-state index contributed by atoms with van der Waals surface area (Å²) in [4.78, 5) is 2.25. The number of unbranched alkanes of at least 4 members (excludes halogenated alkanes) is 2. The third-order valence-electron chi connectivity index (χ3n) is 7.68. The van der Waals surface area contributed by atoms with Crippen LogP contribution in [0.25, 0.3) is 11.6 Å². The minimum atomic E-state index is 0.608. The van der Waals surface area contributed by atoms with Crippen LogP contribution < -0.4 is 14.4 Å². The van der Waals surface area contributed by atoms with Gasteiger partial charge in [0.2, 0.25) is 0 Å². The largest absolute Gasteiger partial charge is 0.494 e. The van der Waals surface area contributed by atoms with Crippen LogP contribution in [0.1, 0.15) is 47.1 Å². The number of nitrogens with zero attached hydrogens (tertiary/aromatic N) is 2. The van der Waals surface area contributed by atoms with Crippen LogP contribution in [0.3, 0.4) is 0 Å². The summed E-state index contributed by atoms with van der Waals surface area (Å²) < 4.78 is 11.7. The fraction of sp³-hybridized carbons (Fsp3) is 0.195. The topological polar surface area (TPSA) is 45.5 Å². The lowest BCUT2D eigenvalue weighted by atomic mass is 10.0. The molecular weight excluding hydrogens is 552 g/mol. The van der Waals surface area contributed by atoms with Crippen molar-refractivity contribution < 1.29 is 9.47 Å². The first-order chi connectivity index (χ1) is 22.0. The van der Waals surface area contributed by atoms with Crippen LogP contribution in [0, 0.1) is 32.1 Å². The third kappa shape index (κ3) is 8.87. The molecule has 4 nitrogen and oxygen atoms in total. The predicted octanol–water partition coefficient (Wildman–Crippen LogP) is 10.8. The van der Waals surface area contributed by atoms with Crippen LogP contribution in [0.4, 0.5) is 17.1 Å². The van der Waals surface area contributed by atoms with Gasteiger partial charge in [-0.25, -0.2) is 0 Å². The summed E-state index contributed by atoms with van der Waals surface area (Å²) in [5.41, 5.74) is 9.37. The van der Waals surface area contributed by atoms with Gasteiger partial charge in [0.25, 0.3) is 0 Å². The lowest BCUT2D eigenvalue weighted by Crippen LogP contribution is -2.09. The number of anilines is 3. The lowest BCUT2D eigenvalue weighted by Gasteiger charge is -2.26. The van der Waals surface area contributed by atoms with E-state index >= 15 is 0 Å². The summed E-state index contributed by atoms with van der Waals surface area (Å²) in [7, 11) is 0. The molecule has 0 aliphatic carbocycles. The van der Waals surface area contributed by atoms with Gasteiger partial charge >= 0.3 is 0 Å². The van der Waals surface area contributed by atoms with Crippen LogP contribution in [-0.4, -0.2) is 13.2 Å². The highest BCUT2D eigenvalue weighted by atomic mass is 16.5. The molecule has 0 fully saturated rings. The number of allylic oxidation sites excluding steroid dienone is 1. The van der Waals surface area contributed by atoms with Gasteiger partial charge < -0.3 is 14.4 Å². The van der Waals surface area contributed by atoms with Crippen LogP contribution in [0.15, 0.2) is 121 Å². The molecular formula is C41H40N2O2. The molecule has 0 atom stereocenters. The van der Waals surface area contributed by atoms with Crippen molar-refractivity contribution >= 4 is 28.7 Å². The van der Waals surface area contributed by atoms with Crippen LogP contribution in [0.2, 0.25) is 0 Å². The second-order valence-electron chi connectivity index (χ2n) is 11.4. The molecule has 0 saturated heterocycles. The Kier molecular flexibility index (Phi) is 10.7. The standard InChI is InChI=1S/C41H40N2O2/c1-31-7-17-37(18-8-31)43(38-19-9-32(2)10-20-38)39-21-13-34(14-22-39)29-36(30-42)35-15-25-41(26-16-35)45-28-6-4-5-27-44-40-23-11-33(3)12-24-40/h7-26,29H,4-6,27-28H2,1-3H3/b36-29+. The second-order valence-corrected chi connectivity index (χ2v) is 11.4. The maximum absolute atomic E-state index is 9.96. The van der Waals surface area contributed by atoms with Gasteiger partial charge in [-0.15, -0.1) is 0 Å². The van der Waals surface area contributed by atoms with E-state index in [0.717, 1.165) is 59.0 Å². The van der Waals surface area contributed by atoms with Gasteiger partial charge in [0, 0.05) is 17.1 Å². The lowest BCUT2D eigenvalue weighted by molar-refractivity contribution is 0.279. The molecule has 4 heteroatoms. The van der Waals surface area contributed by atoms with E-state index in [2.05, 4.69) is 117 Å². The number of rotatable bonds is 13. The monoisotopic (exact) mass is 592 g/mol. The van der Waals surface area contributed by atoms with Crippen molar-refractivity contribution in [3.05, 3.63) is 149 Å². The number of benzene rings is 5. The summed E-state index contributed by atoms with van der Waals surface area (Å²) in [6, 6.07) is 43.7. The Morgan fingerprint density at radius 2 is 0.956 bits per heavy atom. The Bertz CT molecular complexity index is 1670.